The molecule has 1 aliphatic rings. The van der Waals surface area contributed by atoms with Crippen LogP contribution in [0.2, 0.25) is 5.02 Å². The summed E-state index contributed by atoms with van der Waals surface area (Å²) in [7, 11) is 0. The number of thiazole rings is 1. The number of aromatic hydroxyl groups is 1. The van der Waals surface area contributed by atoms with Crippen LogP contribution in [-0.4, -0.2) is 38.6 Å². The first kappa shape index (κ1) is 18.7. The van der Waals surface area contributed by atoms with Crippen molar-refractivity contribution in [3.05, 3.63) is 68.5 Å². The van der Waals surface area contributed by atoms with Crippen molar-refractivity contribution >= 4 is 28.8 Å². The van der Waals surface area contributed by atoms with Crippen LogP contribution in [0.1, 0.15) is 22.5 Å². The number of hydrogen-bond donors (Lipinski definition) is 1. The summed E-state index contributed by atoms with van der Waals surface area (Å²) in [5.74, 6) is -0.834. The quantitative estimate of drug-likeness (QED) is 0.692. The molecule has 0 atom stereocenters. The van der Waals surface area contributed by atoms with Crippen molar-refractivity contribution < 1.29 is 9.90 Å². The fourth-order valence-electron chi connectivity index (χ4n) is 3.41. The third-order valence-corrected chi connectivity index (χ3v) is 6.03. The average Bonchev–Trinajstić information content (AvgIpc) is 3.22. The normalized spacial score (nSPS) is 13.6. The molecule has 6 nitrogen and oxygen atoms in total. The lowest BCUT2D eigenvalue weighted by Crippen LogP contribution is -2.42. The van der Waals surface area contributed by atoms with Crippen LogP contribution in [0.25, 0.3) is 10.6 Å². The second-order valence-electron chi connectivity index (χ2n) is 6.59. The maximum Gasteiger partial charge on any atom is 0.274 e. The van der Waals surface area contributed by atoms with Gasteiger partial charge in [-0.25, -0.2) is 4.98 Å². The Morgan fingerprint density at radius 3 is 2.79 bits per heavy atom. The number of nitrogens with zero attached hydrogens (tertiary/aromatic N) is 3. The van der Waals surface area contributed by atoms with Gasteiger partial charge in [-0.2, -0.15) is 0 Å². The van der Waals surface area contributed by atoms with Crippen molar-refractivity contribution in [2.75, 3.05) is 13.1 Å². The van der Waals surface area contributed by atoms with E-state index in [1.54, 1.807) is 27.2 Å². The highest BCUT2D eigenvalue weighted by atomic mass is 35.5. The Bertz CT molecular complexity index is 1080. The molecule has 0 spiro atoms. The molecule has 8 heteroatoms. The molecule has 0 fully saturated rings. The molecule has 28 heavy (non-hydrogen) atoms. The summed E-state index contributed by atoms with van der Waals surface area (Å²) in [5.41, 5.74) is 0.846. The minimum Gasteiger partial charge on any atom is -0.503 e. The summed E-state index contributed by atoms with van der Waals surface area (Å²) in [6.07, 6.45) is 4.73. The minimum atomic E-state index is -0.563. The number of pyridine rings is 1. The Morgan fingerprint density at radius 1 is 1.21 bits per heavy atom. The molecule has 1 aliphatic heterocycles. The van der Waals surface area contributed by atoms with E-state index in [9.17, 15) is 14.7 Å². The number of benzene rings is 1. The number of amides is 1. The number of rotatable bonds is 5. The maximum atomic E-state index is 12.9. The number of carbonyl (C=O) groups excluding carboxylic acids is 1. The second kappa shape index (κ2) is 7.77. The van der Waals surface area contributed by atoms with Gasteiger partial charge in [-0.1, -0.05) is 29.8 Å². The zero-order valence-corrected chi connectivity index (χ0v) is 16.5. The predicted octanol–water partition coefficient (Wildman–Crippen LogP) is 3.42. The van der Waals surface area contributed by atoms with E-state index in [-0.39, 0.29) is 11.6 Å². The van der Waals surface area contributed by atoms with Crippen molar-refractivity contribution in [1.82, 2.24) is 14.5 Å². The smallest absolute Gasteiger partial charge is 0.274 e. The molecule has 0 saturated carbocycles. The monoisotopic (exact) mass is 415 g/mol. The standard InChI is InChI=1S/C20H18ClN3O3S/c21-15-6-2-1-4-13(15)5-3-8-23-9-10-24-12-14(19-22-7-11-28-19)17(25)18(26)16(24)20(23)27/h1-2,4,6-7,11-12,26H,3,5,8-10H2. The van der Waals surface area contributed by atoms with Crippen molar-refractivity contribution in [2.45, 2.75) is 19.4 Å². The summed E-state index contributed by atoms with van der Waals surface area (Å²) in [5, 5.41) is 13.4. The highest BCUT2D eigenvalue weighted by Crippen LogP contribution is 2.26. The first-order valence-electron chi connectivity index (χ1n) is 8.95. The third kappa shape index (κ3) is 3.43. The zero-order valence-electron chi connectivity index (χ0n) is 15.0. The molecular weight excluding hydrogens is 398 g/mol. The molecule has 0 saturated heterocycles. The van der Waals surface area contributed by atoms with Crippen molar-refractivity contribution in [2.24, 2.45) is 0 Å². The molecule has 0 aliphatic carbocycles. The summed E-state index contributed by atoms with van der Waals surface area (Å²) < 4.78 is 1.65. The van der Waals surface area contributed by atoms with Gasteiger partial charge >= 0.3 is 0 Å². The van der Waals surface area contributed by atoms with Crippen LogP contribution in [0.5, 0.6) is 5.75 Å². The Morgan fingerprint density at radius 2 is 2.04 bits per heavy atom. The fraction of sp³-hybridized carbons (Fsp3) is 0.250. The van der Waals surface area contributed by atoms with Gasteiger partial charge in [-0.3, -0.25) is 9.59 Å². The molecule has 1 amide bonds. The van der Waals surface area contributed by atoms with Crippen LogP contribution >= 0.6 is 22.9 Å². The zero-order chi connectivity index (χ0) is 19.7. The van der Waals surface area contributed by atoms with Gasteiger partial charge in [-0.15, -0.1) is 11.3 Å². The summed E-state index contributed by atoms with van der Waals surface area (Å²) >= 11 is 7.50. The second-order valence-corrected chi connectivity index (χ2v) is 7.89. The molecule has 3 aromatic rings. The van der Waals surface area contributed by atoms with Crippen molar-refractivity contribution in [3.63, 3.8) is 0 Å². The third-order valence-electron chi connectivity index (χ3n) is 4.85. The Hall–Kier alpha value is -2.64. The number of halogens is 1. The molecule has 0 radical (unpaired) electrons. The highest BCUT2D eigenvalue weighted by Gasteiger charge is 2.29. The van der Waals surface area contributed by atoms with E-state index in [0.717, 1.165) is 23.4 Å². The van der Waals surface area contributed by atoms with Gasteiger partial charge in [0.2, 0.25) is 5.43 Å². The largest absolute Gasteiger partial charge is 0.503 e. The molecule has 0 bridgehead atoms. The summed E-state index contributed by atoms with van der Waals surface area (Å²) in [6, 6.07) is 7.65. The Balaban J connectivity index is 1.53. The number of carbonyl (C=O) groups is 1. The van der Waals surface area contributed by atoms with Gasteiger partial charge in [0.1, 0.15) is 5.01 Å². The van der Waals surface area contributed by atoms with Crippen molar-refractivity contribution in [3.8, 4) is 16.3 Å². The molecule has 2 aromatic heterocycles. The Labute approximate surface area is 170 Å². The number of fused-ring (bicyclic) bond motifs is 1. The van der Waals surface area contributed by atoms with Crippen molar-refractivity contribution in [1.29, 1.82) is 0 Å². The number of hydrogen-bond acceptors (Lipinski definition) is 5. The van der Waals surface area contributed by atoms with Crippen LogP contribution in [0.15, 0.2) is 46.8 Å². The first-order valence-corrected chi connectivity index (χ1v) is 10.2. The molecule has 0 unspecified atom stereocenters. The van der Waals surface area contributed by atoms with Gasteiger partial charge in [0, 0.05) is 42.4 Å². The fourth-order valence-corrected chi connectivity index (χ4v) is 4.29. The van der Waals surface area contributed by atoms with E-state index in [1.165, 1.54) is 11.3 Å². The van der Waals surface area contributed by atoms with Gasteiger partial charge in [-0.05, 0) is 24.5 Å². The molecule has 1 aromatic carbocycles. The molecule has 4 rings (SSSR count). The average molecular weight is 416 g/mol. The first-order chi connectivity index (χ1) is 13.6. The van der Waals surface area contributed by atoms with E-state index in [1.807, 2.05) is 24.3 Å². The van der Waals surface area contributed by atoms with E-state index in [4.69, 9.17) is 11.6 Å². The van der Waals surface area contributed by atoms with Gasteiger partial charge < -0.3 is 14.6 Å². The lowest BCUT2D eigenvalue weighted by Gasteiger charge is -2.30. The van der Waals surface area contributed by atoms with Gasteiger partial charge in [0.05, 0.1) is 5.56 Å². The van der Waals surface area contributed by atoms with Crippen LogP contribution in [-0.2, 0) is 13.0 Å². The molecular formula is C20H18ClN3O3S. The predicted molar refractivity (Wildman–Crippen MR) is 109 cm³/mol. The van der Waals surface area contributed by atoms with E-state index >= 15 is 0 Å². The SMILES string of the molecule is O=C1c2c(O)c(=O)c(-c3nccs3)cn2CCN1CCCc1ccccc1Cl. The Kier molecular flexibility index (Phi) is 5.19. The van der Waals surface area contributed by atoms with Crippen LogP contribution < -0.4 is 5.43 Å². The summed E-state index contributed by atoms with van der Waals surface area (Å²) in [6.45, 7) is 1.57. The van der Waals surface area contributed by atoms with E-state index in [2.05, 4.69) is 4.98 Å². The number of aryl methyl sites for hydroxylation is 1. The number of aromatic nitrogens is 2. The van der Waals surface area contributed by atoms with Gasteiger partial charge in [0.15, 0.2) is 11.4 Å². The molecule has 1 N–H and O–H groups in total. The molecule has 3 heterocycles. The summed E-state index contributed by atoms with van der Waals surface area (Å²) in [4.78, 5) is 31.2. The lowest BCUT2D eigenvalue weighted by molar-refractivity contribution is 0.0695. The van der Waals surface area contributed by atoms with E-state index < -0.39 is 11.2 Å². The van der Waals surface area contributed by atoms with Gasteiger partial charge in [0.25, 0.3) is 5.91 Å². The lowest BCUT2D eigenvalue weighted by atomic mass is 10.1. The minimum absolute atomic E-state index is 0.0503. The highest BCUT2D eigenvalue weighted by molar-refractivity contribution is 7.13. The van der Waals surface area contributed by atoms with Crippen LogP contribution in [0.4, 0.5) is 0 Å². The van der Waals surface area contributed by atoms with Crippen LogP contribution in [0.3, 0.4) is 0 Å². The molecule has 144 valence electrons. The maximum absolute atomic E-state index is 12.9. The van der Waals surface area contributed by atoms with E-state index in [0.29, 0.717) is 30.2 Å². The topological polar surface area (TPSA) is 75.4 Å². The van der Waals surface area contributed by atoms with Crippen LogP contribution in [0, 0.1) is 0 Å².